The van der Waals surface area contributed by atoms with Crippen LogP contribution >= 0.6 is 0 Å². The molecule has 0 aliphatic rings. The molecule has 5 nitrogen and oxygen atoms in total. The van der Waals surface area contributed by atoms with Gasteiger partial charge in [-0.15, -0.1) is 0 Å². The number of rotatable bonds is 5. The quantitative estimate of drug-likeness (QED) is 0.851. The topological polar surface area (TPSA) is 68.9 Å². The molecule has 108 valence electrons. The largest absolute Gasteiger partial charge is 0.490 e. The van der Waals surface area contributed by atoms with Crippen molar-refractivity contribution in [2.75, 3.05) is 13.2 Å². The normalized spacial score (nSPS) is 12.4. The first-order valence-corrected chi connectivity index (χ1v) is 6.54. The molecule has 5 heteroatoms. The molecule has 0 amide bonds. The second kappa shape index (κ2) is 5.96. The van der Waals surface area contributed by atoms with Crippen LogP contribution < -0.4 is 4.74 Å². The van der Waals surface area contributed by atoms with Crippen LogP contribution in [-0.4, -0.2) is 30.4 Å². The summed E-state index contributed by atoms with van der Waals surface area (Å²) in [6.07, 6.45) is -0.568. The Kier molecular flexibility index (Phi) is 4.29. The zero-order valence-corrected chi connectivity index (χ0v) is 11.8. The highest BCUT2D eigenvalue weighted by Gasteiger charge is 2.21. The molecular formula is C15H18O5. The lowest BCUT2D eigenvalue weighted by molar-refractivity contribution is 0.0491. The highest BCUT2D eigenvalue weighted by Crippen LogP contribution is 2.33. The maximum absolute atomic E-state index is 11.8. The summed E-state index contributed by atoms with van der Waals surface area (Å²) in [6, 6.07) is 5.32. The molecule has 0 saturated heterocycles. The lowest BCUT2D eigenvalue weighted by atomic mass is 10.1. The highest BCUT2D eigenvalue weighted by molar-refractivity contribution is 5.98. The van der Waals surface area contributed by atoms with Gasteiger partial charge in [-0.05, 0) is 32.9 Å². The number of aryl methyl sites for hydroxylation is 1. The van der Waals surface area contributed by atoms with E-state index in [1.54, 1.807) is 39.0 Å². The van der Waals surface area contributed by atoms with Crippen LogP contribution in [0.15, 0.2) is 22.6 Å². The van der Waals surface area contributed by atoms with Gasteiger partial charge in [-0.1, -0.05) is 6.07 Å². The lowest BCUT2D eigenvalue weighted by Gasteiger charge is -2.09. The van der Waals surface area contributed by atoms with Crippen LogP contribution in [-0.2, 0) is 4.74 Å². The van der Waals surface area contributed by atoms with Crippen LogP contribution in [0.3, 0.4) is 0 Å². The van der Waals surface area contributed by atoms with E-state index < -0.39 is 12.1 Å². The summed E-state index contributed by atoms with van der Waals surface area (Å²) >= 11 is 0. The van der Waals surface area contributed by atoms with Crippen LogP contribution in [0.2, 0.25) is 0 Å². The average Bonchev–Trinajstić information content (AvgIpc) is 2.75. The molecule has 1 atom stereocenters. The summed E-state index contributed by atoms with van der Waals surface area (Å²) in [5.74, 6) is 0.290. The third-order valence-corrected chi connectivity index (χ3v) is 2.86. The number of fused-ring (bicyclic) bond motifs is 1. The van der Waals surface area contributed by atoms with E-state index in [2.05, 4.69) is 0 Å². The molecule has 0 saturated carbocycles. The van der Waals surface area contributed by atoms with Gasteiger partial charge >= 0.3 is 5.97 Å². The average molecular weight is 278 g/mol. The summed E-state index contributed by atoms with van der Waals surface area (Å²) in [5, 5.41) is 10.0. The Bertz CT molecular complexity index is 612. The second-order valence-electron chi connectivity index (χ2n) is 4.57. The zero-order valence-electron chi connectivity index (χ0n) is 11.8. The third-order valence-electron chi connectivity index (χ3n) is 2.86. The van der Waals surface area contributed by atoms with Crippen molar-refractivity contribution < 1.29 is 23.8 Å². The predicted molar refractivity (Wildman–Crippen MR) is 74.1 cm³/mol. The number of furan rings is 1. The van der Waals surface area contributed by atoms with Crippen LogP contribution in [0.1, 0.15) is 30.0 Å². The molecule has 0 spiro atoms. The molecule has 0 radical (unpaired) electrons. The fourth-order valence-electron chi connectivity index (χ4n) is 1.99. The van der Waals surface area contributed by atoms with Gasteiger partial charge in [-0.3, -0.25) is 0 Å². The molecule has 0 fully saturated rings. The van der Waals surface area contributed by atoms with Gasteiger partial charge in [0.2, 0.25) is 5.76 Å². The monoisotopic (exact) mass is 278 g/mol. The van der Waals surface area contributed by atoms with Crippen molar-refractivity contribution in [1.82, 2.24) is 0 Å². The summed E-state index contributed by atoms with van der Waals surface area (Å²) in [7, 11) is 0. The number of ether oxygens (including phenoxy) is 2. The van der Waals surface area contributed by atoms with Crippen molar-refractivity contribution in [1.29, 1.82) is 0 Å². The number of carbonyl (C=O) groups is 1. The minimum absolute atomic E-state index is 0.179. The van der Waals surface area contributed by atoms with E-state index in [1.807, 2.05) is 0 Å². The Morgan fingerprint density at radius 2 is 2.20 bits per heavy atom. The van der Waals surface area contributed by atoms with Gasteiger partial charge in [0.1, 0.15) is 17.9 Å². The number of hydrogen-bond donors (Lipinski definition) is 1. The van der Waals surface area contributed by atoms with Crippen LogP contribution in [0, 0.1) is 6.92 Å². The molecule has 2 aromatic rings. The molecule has 20 heavy (non-hydrogen) atoms. The van der Waals surface area contributed by atoms with E-state index in [0.717, 1.165) is 5.39 Å². The fourth-order valence-corrected chi connectivity index (χ4v) is 1.99. The van der Waals surface area contributed by atoms with Crippen molar-refractivity contribution in [3.05, 3.63) is 29.5 Å². The molecule has 2 rings (SSSR count). The first-order chi connectivity index (χ1) is 9.54. The van der Waals surface area contributed by atoms with Gasteiger partial charge < -0.3 is 19.0 Å². The maximum Gasteiger partial charge on any atom is 0.374 e. The molecule has 1 aromatic heterocycles. The summed E-state index contributed by atoms with van der Waals surface area (Å²) in [5.41, 5.74) is 1.24. The maximum atomic E-state index is 11.8. The second-order valence-corrected chi connectivity index (χ2v) is 4.57. The lowest BCUT2D eigenvalue weighted by Crippen LogP contribution is -2.12. The summed E-state index contributed by atoms with van der Waals surface area (Å²) in [4.78, 5) is 11.8. The van der Waals surface area contributed by atoms with E-state index in [1.165, 1.54) is 0 Å². The molecule has 0 aliphatic heterocycles. The smallest absolute Gasteiger partial charge is 0.374 e. The van der Waals surface area contributed by atoms with E-state index in [-0.39, 0.29) is 12.4 Å². The number of aliphatic hydroxyl groups excluding tert-OH is 1. The number of benzene rings is 1. The van der Waals surface area contributed by atoms with Gasteiger partial charge in [-0.25, -0.2) is 4.79 Å². The Balaban J connectivity index is 2.43. The minimum Gasteiger partial charge on any atom is -0.490 e. The van der Waals surface area contributed by atoms with Crippen LogP contribution in [0.25, 0.3) is 11.0 Å². The van der Waals surface area contributed by atoms with Crippen molar-refractivity contribution in [3.8, 4) is 5.75 Å². The van der Waals surface area contributed by atoms with Crippen molar-refractivity contribution in [3.63, 3.8) is 0 Å². The van der Waals surface area contributed by atoms with Crippen molar-refractivity contribution in [2.24, 2.45) is 0 Å². The van der Waals surface area contributed by atoms with Gasteiger partial charge in [0, 0.05) is 5.56 Å². The van der Waals surface area contributed by atoms with Crippen molar-refractivity contribution >= 4 is 16.9 Å². The van der Waals surface area contributed by atoms with Gasteiger partial charge in [0.15, 0.2) is 0 Å². The molecular weight excluding hydrogens is 260 g/mol. The minimum atomic E-state index is -0.568. The Morgan fingerprint density at radius 3 is 2.85 bits per heavy atom. The molecule has 1 heterocycles. The molecule has 1 N–H and O–H groups in total. The number of esters is 1. The van der Waals surface area contributed by atoms with E-state index in [4.69, 9.17) is 13.9 Å². The Labute approximate surface area is 117 Å². The van der Waals surface area contributed by atoms with Gasteiger partial charge in [0.25, 0.3) is 0 Å². The fraction of sp³-hybridized carbons (Fsp3) is 0.400. The Hall–Kier alpha value is -2.01. The molecule has 1 aromatic carbocycles. The third kappa shape index (κ3) is 2.77. The van der Waals surface area contributed by atoms with Crippen LogP contribution in [0.5, 0.6) is 5.75 Å². The van der Waals surface area contributed by atoms with Crippen molar-refractivity contribution in [2.45, 2.75) is 26.9 Å². The Morgan fingerprint density at radius 1 is 1.45 bits per heavy atom. The standard InChI is InChI=1S/C15H18O5/c1-4-18-15(17)14-10(3)13-11(19-8-9(2)16)6-5-7-12(13)20-14/h5-7,9,16H,4,8H2,1-3H3. The van der Waals surface area contributed by atoms with E-state index >= 15 is 0 Å². The first-order valence-electron chi connectivity index (χ1n) is 6.54. The SMILES string of the molecule is CCOC(=O)c1oc2cccc(OCC(C)O)c2c1C. The molecule has 0 aliphatic carbocycles. The van der Waals surface area contributed by atoms with Crippen LogP contribution in [0.4, 0.5) is 0 Å². The predicted octanol–water partition coefficient (Wildman–Crippen LogP) is 2.68. The number of carbonyl (C=O) groups excluding carboxylic acids is 1. The molecule has 1 unspecified atom stereocenters. The molecule has 0 bridgehead atoms. The van der Waals surface area contributed by atoms with E-state index in [0.29, 0.717) is 23.5 Å². The van der Waals surface area contributed by atoms with E-state index in [9.17, 15) is 9.90 Å². The number of hydrogen-bond acceptors (Lipinski definition) is 5. The summed E-state index contributed by atoms with van der Waals surface area (Å²) in [6.45, 7) is 5.64. The van der Waals surface area contributed by atoms with Gasteiger partial charge in [0.05, 0.1) is 18.1 Å². The first kappa shape index (κ1) is 14.4. The zero-order chi connectivity index (χ0) is 14.7. The highest BCUT2D eigenvalue weighted by atomic mass is 16.5. The summed E-state index contributed by atoms with van der Waals surface area (Å²) < 4.78 is 16.1. The van der Waals surface area contributed by atoms with Gasteiger partial charge in [-0.2, -0.15) is 0 Å². The number of aliphatic hydroxyl groups is 1.